The van der Waals surface area contributed by atoms with Crippen molar-refractivity contribution in [3.05, 3.63) is 52.5 Å². The standard InChI is InChI=1S/C23H22ClFN4O4/c1-12-21(30)28-7-6-16(28)11-29(12)22(31)14-9-17-19(18(10-14)32-2)33-23(26-17)27-20(25)13-4-3-5-15(24)8-13/h3-5,8-10,12,16,20H,6-7,11H2,1-2H3,(H,26,27). The molecular formula is C23H22ClFN4O4. The van der Waals surface area contributed by atoms with E-state index in [4.69, 9.17) is 20.8 Å². The third-order valence-electron chi connectivity index (χ3n) is 6.23. The van der Waals surface area contributed by atoms with Gasteiger partial charge in [0.25, 0.3) is 11.9 Å². The number of nitrogens with one attached hydrogen (secondary N) is 1. The monoisotopic (exact) mass is 472 g/mol. The Morgan fingerprint density at radius 2 is 2.18 bits per heavy atom. The molecule has 2 saturated heterocycles. The van der Waals surface area contributed by atoms with Gasteiger partial charge in [0.05, 0.1) is 13.2 Å². The number of nitrogens with zero attached hydrogens (tertiary/aromatic N) is 3. The number of aromatic nitrogens is 1. The normalized spacial score (nSPS) is 20.9. The van der Waals surface area contributed by atoms with Crippen LogP contribution in [0.1, 0.15) is 35.6 Å². The third kappa shape index (κ3) is 3.76. The first-order chi connectivity index (χ1) is 15.9. The van der Waals surface area contributed by atoms with Crippen LogP contribution in [-0.4, -0.2) is 58.9 Å². The summed E-state index contributed by atoms with van der Waals surface area (Å²) in [7, 11) is 1.45. The van der Waals surface area contributed by atoms with E-state index in [-0.39, 0.29) is 35.2 Å². The first-order valence-electron chi connectivity index (χ1n) is 10.6. The van der Waals surface area contributed by atoms with Crippen molar-refractivity contribution in [3.8, 4) is 5.75 Å². The largest absolute Gasteiger partial charge is 0.493 e. The number of hydrogen-bond acceptors (Lipinski definition) is 6. The Hall–Kier alpha value is -3.33. The van der Waals surface area contributed by atoms with Gasteiger partial charge in [0.15, 0.2) is 17.6 Å². The minimum atomic E-state index is -1.60. The maximum absolute atomic E-state index is 14.7. The first kappa shape index (κ1) is 21.5. The average Bonchev–Trinajstić information content (AvgIpc) is 3.18. The second-order valence-corrected chi connectivity index (χ2v) is 8.65. The molecule has 3 heterocycles. The number of benzene rings is 2. The molecule has 2 aliphatic heterocycles. The molecule has 33 heavy (non-hydrogen) atoms. The Balaban J connectivity index is 1.43. The van der Waals surface area contributed by atoms with Crippen LogP contribution in [0, 0.1) is 0 Å². The molecule has 2 amide bonds. The number of amides is 2. The molecule has 2 aromatic carbocycles. The molecule has 10 heteroatoms. The summed E-state index contributed by atoms with van der Waals surface area (Å²) in [5.41, 5.74) is 1.25. The molecule has 3 unspecified atom stereocenters. The number of ether oxygens (including phenoxy) is 1. The maximum atomic E-state index is 14.7. The SMILES string of the molecule is COc1cc(C(=O)N2CC3CCN3C(=O)C2C)cc2nc(NC(F)c3cccc(Cl)c3)oc12. The van der Waals surface area contributed by atoms with E-state index in [0.717, 1.165) is 13.0 Å². The van der Waals surface area contributed by atoms with Gasteiger partial charge in [-0.15, -0.1) is 0 Å². The fourth-order valence-corrected chi connectivity index (χ4v) is 4.50. The minimum Gasteiger partial charge on any atom is -0.493 e. The van der Waals surface area contributed by atoms with Crippen molar-refractivity contribution < 1.29 is 23.1 Å². The van der Waals surface area contributed by atoms with Crippen LogP contribution in [0.3, 0.4) is 0 Å². The van der Waals surface area contributed by atoms with E-state index in [1.807, 2.05) is 4.90 Å². The van der Waals surface area contributed by atoms with Crippen molar-refractivity contribution in [1.82, 2.24) is 14.8 Å². The molecule has 3 atom stereocenters. The van der Waals surface area contributed by atoms with Gasteiger partial charge in [0.1, 0.15) is 11.6 Å². The van der Waals surface area contributed by atoms with E-state index >= 15 is 0 Å². The number of alkyl halides is 1. The van der Waals surface area contributed by atoms with Gasteiger partial charge in [0, 0.05) is 29.2 Å². The molecule has 172 valence electrons. The molecule has 3 aromatic rings. The number of anilines is 1. The highest BCUT2D eigenvalue weighted by molar-refractivity contribution is 6.30. The van der Waals surface area contributed by atoms with E-state index in [2.05, 4.69) is 10.3 Å². The highest BCUT2D eigenvalue weighted by Crippen LogP contribution is 2.34. The third-order valence-corrected chi connectivity index (χ3v) is 6.47. The number of oxazole rings is 1. The summed E-state index contributed by atoms with van der Waals surface area (Å²) in [5.74, 6) is -0.0416. The zero-order valence-electron chi connectivity index (χ0n) is 18.0. The van der Waals surface area contributed by atoms with Crippen LogP contribution in [0.25, 0.3) is 11.1 Å². The van der Waals surface area contributed by atoms with Gasteiger partial charge in [0.2, 0.25) is 5.91 Å². The Kier molecular flexibility index (Phi) is 5.36. The molecule has 1 N–H and O–H groups in total. The van der Waals surface area contributed by atoms with Gasteiger partial charge in [-0.25, -0.2) is 4.39 Å². The lowest BCUT2D eigenvalue weighted by Crippen LogP contribution is -2.67. The predicted molar refractivity (Wildman–Crippen MR) is 120 cm³/mol. The van der Waals surface area contributed by atoms with Crippen molar-refractivity contribution in [2.24, 2.45) is 0 Å². The number of hydrogen-bond donors (Lipinski definition) is 1. The van der Waals surface area contributed by atoms with Crippen LogP contribution in [-0.2, 0) is 4.79 Å². The lowest BCUT2D eigenvalue weighted by atomic mass is 9.95. The van der Waals surface area contributed by atoms with E-state index in [1.54, 1.807) is 42.2 Å². The Labute approximate surface area is 194 Å². The highest BCUT2D eigenvalue weighted by atomic mass is 35.5. The smallest absolute Gasteiger partial charge is 0.298 e. The second kappa shape index (κ2) is 8.22. The molecule has 0 aliphatic carbocycles. The zero-order valence-corrected chi connectivity index (χ0v) is 18.8. The lowest BCUT2D eigenvalue weighted by molar-refractivity contribution is -0.150. The molecule has 5 rings (SSSR count). The Morgan fingerprint density at radius 1 is 1.36 bits per heavy atom. The van der Waals surface area contributed by atoms with Crippen molar-refractivity contribution in [3.63, 3.8) is 0 Å². The average molecular weight is 473 g/mol. The van der Waals surface area contributed by atoms with Crippen LogP contribution >= 0.6 is 11.6 Å². The summed E-state index contributed by atoms with van der Waals surface area (Å²) in [6.07, 6.45) is -0.713. The van der Waals surface area contributed by atoms with Gasteiger partial charge in [-0.1, -0.05) is 23.7 Å². The van der Waals surface area contributed by atoms with Gasteiger partial charge in [-0.3, -0.25) is 9.59 Å². The van der Waals surface area contributed by atoms with Crippen LogP contribution in [0.5, 0.6) is 5.75 Å². The van der Waals surface area contributed by atoms with E-state index in [9.17, 15) is 14.0 Å². The van der Waals surface area contributed by atoms with Crippen LogP contribution in [0.2, 0.25) is 5.02 Å². The first-order valence-corrected chi connectivity index (χ1v) is 11.0. The number of carbonyl (C=O) groups excluding carboxylic acids is 2. The lowest BCUT2D eigenvalue weighted by Gasteiger charge is -2.50. The van der Waals surface area contributed by atoms with Gasteiger partial charge < -0.3 is 24.3 Å². The van der Waals surface area contributed by atoms with Gasteiger partial charge in [-0.2, -0.15) is 4.98 Å². The second-order valence-electron chi connectivity index (χ2n) is 8.22. The zero-order chi connectivity index (χ0) is 23.3. The fourth-order valence-electron chi connectivity index (χ4n) is 4.30. The number of halogens is 2. The van der Waals surface area contributed by atoms with Gasteiger partial charge in [-0.05, 0) is 37.6 Å². The summed E-state index contributed by atoms with van der Waals surface area (Å²) in [5, 5.41) is 2.98. The number of rotatable bonds is 5. The molecule has 1 aromatic heterocycles. The molecule has 0 bridgehead atoms. The van der Waals surface area contributed by atoms with E-state index < -0.39 is 12.3 Å². The van der Waals surface area contributed by atoms with Crippen molar-refractivity contribution >= 4 is 40.5 Å². The summed E-state index contributed by atoms with van der Waals surface area (Å²) in [6.45, 7) is 2.97. The minimum absolute atomic E-state index is 0.0400. The van der Waals surface area contributed by atoms with Crippen molar-refractivity contribution in [2.75, 3.05) is 25.5 Å². The molecule has 0 saturated carbocycles. The summed E-state index contributed by atoms with van der Waals surface area (Å²) in [6, 6.07) is 8.96. The number of piperazine rings is 1. The van der Waals surface area contributed by atoms with E-state index in [1.165, 1.54) is 13.2 Å². The van der Waals surface area contributed by atoms with Crippen molar-refractivity contribution in [1.29, 1.82) is 0 Å². The Bertz CT molecular complexity index is 1250. The number of carbonyl (C=O) groups is 2. The van der Waals surface area contributed by atoms with Crippen LogP contribution in [0.15, 0.2) is 40.8 Å². The molecule has 0 spiro atoms. The number of fused-ring (bicyclic) bond motifs is 2. The highest BCUT2D eigenvalue weighted by Gasteiger charge is 2.44. The van der Waals surface area contributed by atoms with E-state index in [0.29, 0.717) is 28.2 Å². The van der Waals surface area contributed by atoms with Gasteiger partial charge >= 0.3 is 0 Å². The molecule has 0 radical (unpaired) electrons. The molecular weight excluding hydrogens is 451 g/mol. The quantitative estimate of drug-likeness (QED) is 0.564. The van der Waals surface area contributed by atoms with Crippen LogP contribution < -0.4 is 10.1 Å². The molecule has 2 aliphatic rings. The summed E-state index contributed by atoms with van der Waals surface area (Å²) < 4.78 is 25.8. The van der Waals surface area contributed by atoms with Crippen LogP contribution in [0.4, 0.5) is 10.4 Å². The summed E-state index contributed by atoms with van der Waals surface area (Å²) in [4.78, 5) is 33.5. The molecule has 8 nitrogen and oxygen atoms in total. The summed E-state index contributed by atoms with van der Waals surface area (Å²) >= 11 is 5.94. The van der Waals surface area contributed by atoms with Crippen molar-refractivity contribution in [2.45, 2.75) is 31.7 Å². The predicted octanol–water partition coefficient (Wildman–Crippen LogP) is 4.02. The Morgan fingerprint density at radius 3 is 2.88 bits per heavy atom. The fraction of sp³-hybridized carbons (Fsp3) is 0.348. The maximum Gasteiger partial charge on any atom is 0.298 e. The topological polar surface area (TPSA) is 87.9 Å². The number of methoxy groups -OCH3 is 1. The molecule has 2 fully saturated rings.